The highest BCUT2D eigenvalue weighted by atomic mass is 16.5. The summed E-state index contributed by atoms with van der Waals surface area (Å²) in [5.74, 6) is 0.343. The van der Waals surface area contributed by atoms with Gasteiger partial charge in [0.05, 0.1) is 19.1 Å². The monoisotopic (exact) mass is 249 g/mol. The Hall–Kier alpha value is -2.01. The third-order valence-corrected chi connectivity index (χ3v) is 2.55. The van der Waals surface area contributed by atoms with Crippen LogP contribution in [0, 0.1) is 0 Å². The molecule has 18 heavy (non-hydrogen) atoms. The molecule has 1 aromatic heterocycles. The van der Waals surface area contributed by atoms with Crippen molar-refractivity contribution in [3.8, 4) is 5.75 Å². The van der Waals surface area contributed by atoms with Gasteiger partial charge in [-0.3, -0.25) is 4.79 Å². The van der Waals surface area contributed by atoms with Gasteiger partial charge >= 0.3 is 0 Å². The number of methoxy groups -OCH3 is 2. The smallest absolute Gasteiger partial charge is 0.291 e. The number of benzene rings is 1. The van der Waals surface area contributed by atoms with Crippen molar-refractivity contribution in [2.75, 3.05) is 27.4 Å². The van der Waals surface area contributed by atoms with Crippen LogP contribution in [-0.4, -0.2) is 33.3 Å². The van der Waals surface area contributed by atoms with Gasteiger partial charge in [0.15, 0.2) is 5.75 Å². The molecule has 1 heterocycles. The van der Waals surface area contributed by atoms with E-state index in [-0.39, 0.29) is 11.7 Å². The molecule has 0 saturated heterocycles. The number of furan rings is 1. The van der Waals surface area contributed by atoms with E-state index in [1.165, 1.54) is 7.11 Å². The number of carbonyl (C=O) groups excluding carboxylic acids is 1. The van der Waals surface area contributed by atoms with E-state index in [4.69, 9.17) is 13.9 Å². The summed E-state index contributed by atoms with van der Waals surface area (Å²) in [5.41, 5.74) is 0.631. The lowest BCUT2D eigenvalue weighted by Crippen LogP contribution is -2.26. The van der Waals surface area contributed by atoms with Gasteiger partial charge in [0.2, 0.25) is 5.76 Å². The maximum absolute atomic E-state index is 11.9. The minimum absolute atomic E-state index is 0.190. The highest BCUT2D eigenvalue weighted by Gasteiger charge is 2.20. The molecule has 0 bridgehead atoms. The number of hydrogen-bond acceptors (Lipinski definition) is 4. The summed E-state index contributed by atoms with van der Waals surface area (Å²) in [6.07, 6.45) is 0. The third kappa shape index (κ3) is 2.31. The normalized spacial score (nSPS) is 10.6. The zero-order chi connectivity index (χ0) is 13.0. The van der Waals surface area contributed by atoms with Gasteiger partial charge in [-0.25, -0.2) is 0 Å². The number of amides is 1. The van der Waals surface area contributed by atoms with E-state index in [9.17, 15) is 4.79 Å². The van der Waals surface area contributed by atoms with E-state index in [1.807, 2.05) is 18.2 Å². The molecule has 0 saturated carbocycles. The Morgan fingerprint density at radius 2 is 2.11 bits per heavy atom. The fourth-order valence-corrected chi connectivity index (χ4v) is 1.72. The molecule has 1 aromatic carbocycles. The van der Waals surface area contributed by atoms with E-state index in [2.05, 4.69) is 5.32 Å². The first kappa shape index (κ1) is 12.4. The molecule has 5 nitrogen and oxygen atoms in total. The minimum atomic E-state index is -0.305. The average molecular weight is 249 g/mol. The van der Waals surface area contributed by atoms with E-state index >= 15 is 0 Å². The van der Waals surface area contributed by atoms with Gasteiger partial charge in [-0.2, -0.15) is 0 Å². The van der Waals surface area contributed by atoms with Gasteiger partial charge in [0, 0.05) is 13.7 Å². The quantitative estimate of drug-likeness (QED) is 0.821. The van der Waals surface area contributed by atoms with Crippen LogP contribution >= 0.6 is 0 Å². The number of para-hydroxylation sites is 1. The first-order valence-electron chi connectivity index (χ1n) is 5.60. The number of rotatable bonds is 5. The van der Waals surface area contributed by atoms with Crippen LogP contribution in [0.1, 0.15) is 10.6 Å². The molecule has 1 N–H and O–H groups in total. The standard InChI is InChI=1S/C13H15NO4/c1-16-8-7-14-13(15)12-11(17-2)9-5-3-4-6-10(9)18-12/h3-6H,7-8H2,1-2H3,(H,14,15). The largest absolute Gasteiger partial charge is 0.492 e. The maximum Gasteiger partial charge on any atom is 0.291 e. The van der Waals surface area contributed by atoms with Gasteiger partial charge in [0.25, 0.3) is 5.91 Å². The van der Waals surface area contributed by atoms with E-state index in [0.29, 0.717) is 24.5 Å². The van der Waals surface area contributed by atoms with Crippen LogP contribution in [0.5, 0.6) is 5.75 Å². The van der Waals surface area contributed by atoms with E-state index in [1.54, 1.807) is 13.2 Å². The van der Waals surface area contributed by atoms with Crippen molar-refractivity contribution in [1.29, 1.82) is 0 Å². The van der Waals surface area contributed by atoms with Crippen molar-refractivity contribution >= 4 is 16.9 Å². The van der Waals surface area contributed by atoms with Gasteiger partial charge in [-0.15, -0.1) is 0 Å². The van der Waals surface area contributed by atoms with Crippen LogP contribution in [0.2, 0.25) is 0 Å². The zero-order valence-electron chi connectivity index (χ0n) is 10.4. The lowest BCUT2D eigenvalue weighted by Gasteiger charge is -2.03. The predicted octanol–water partition coefficient (Wildman–Crippen LogP) is 1.82. The van der Waals surface area contributed by atoms with Crippen molar-refractivity contribution in [2.24, 2.45) is 0 Å². The SMILES string of the molecule is COCCNC(=O)c1oc2ccccc2c1OC. The van der Waals surface area contributed by atoms with Crippen molar-refractivity contribution in [3.63, 3.8) is 0 Å². The molecule has 2 rings (SSSR count). The average Bonchev–Trinajstić information content (AvgIpc) is 2.77. The summed E-state index contributed by atoms with van der Waals surface area (Å²) >= 11 is 0. The summed E-state index contributed by atoms with van der Waals surface area (Å²) in [4.78, 5) is 11.9. The van der Waals surface area contributed by atoms with Crippen LogP contribution in [0.25, 0.3) is 11.0 Å². The van der Waals surface area contributed by atoms with Gasteiger partial charge in [0.1, 0.15) is 5.58 Å². The molecule has 0 aliphatic rings. The molecular weight excluding hydrogens is 234 g/mol. The van der Waals surface area contributed by atoms with Gasteiger partial charge in [-0.05, 0) is 12.1 Å². The van der Waals surface area contributed by atoms with Crippen molar-refractivity contribution < 1.29 is 18.7 Å². The van der Waals surface area contributed by atoms with E-state index in [0.717, 1.165) is 5.39 Å². The molecule has 0 aliphatic heterocycles. The fourth-order valence-electron chi connectivity index (χ4n) is 1.72. The van der Waals surface area contributed by atoms with Gasteiger partial charge in [-0.1, -0.05) is 12.1 Å². The fraction of sp³-hybridized carbons (Fsp3) is 0.308. The second kappa shape index (κ2) is 5.55. The van der Waals surface area contributed by atoms with Crippen LogP contribution in [-0.2, 0) is 4.74 Å². The van der Waals surface area contributed by atoms with Gasteiger partial charge < -0.3 is 19.2 Å². The molecule has 2 aromatic rings. The maximum atomic E-state index is 11.9. The second-order valence-corrected chi connectivity index (χ2v) is 3.71. The Morgan fingerprint density at radius 3 is 2.83 bits per heavy atom. The molecule has 1 amide bonds. The second-order valence-electron chi connectivity index (χ2n) is 3.71. The number of fused-ring (bicyclic) bond motifs is 1. The summed E-state index contributed by atoms with van der Waals surface area (Å²) in [5, 5.41) is 3.49. The number of carbonyl (C=O) groups is 1. The molecule has 5 heteroatoms. The highest BCUT2D eigenvalue weighted by Crippen LogP contribution is 2.32. The first-order chi connectivity index (χ1) is 8.77. The number of hydrogen-bond donors (Lipinski definition) is 1. The molecule has 0 radical (unpaired) electrons. The third-order valence-electron chi connectivity index (χ3n) is 2.55. The molecule has 0 atom stereocenters. The molecule has 0 aliphatic carbocycles. The number of ether oxygens (including phenoxy) is 2. The van der Waals surface area contributed by atoms with Crippen LogP contribution in [0.4, 0.5) is 0 Å². The zero-order valence-corrected chi connectivity index (χ0v) is 10.4. The Kier molecular flexibility index (Phi) is 3.84. The Balaban J connectivity index is 2.29. The minimum Gasteiger partial charge on any atom is -0.492 e. The molecule has 0 spiro atoms. The van der Waals surface area contributed by atoms with Crippen molar-refractivity contribution in [1.82, 2.24) is 5.32 Å². The number of nitrogens with one attached hydrogen (secondary N) is 1. The first-order valence-corrected chi connectivity index (χ1v) is 5.60. The predicted molar refractivity (Wildman–Crippen MR) is 67.0 cm³/mol. The Labute approximate surface area is 105 Å². The summed E-state index contributed by atoms with van der Waals surface area (Å²) < 4.78 is 15.6. The van der Waals surface area contributed by atoms with Crippen LogP contribution < -0.4 is 10.1 Å². The van der Waals surface area contributed by atoms with Crippen LogP contribution in [0.15, 0.2) is 28.7 Å². The van der Waals surface area contributed by atoms with Crippen molar-refractivity contribution in [2.45, 2.75) is 0 Å². The van der Waals surface area contributed by atoms with E-state index < -0.39 is 0 Å². The lowest BCUT2D eigenvalue weighted by atomic mass is 10.2. The van der Waals surface area contributed by atoms with Crippen molar-refractivity contribution in [3.05, 3.63) is 30.0 Å². The molecule has 0 unspecified atom stereocenters. The molecule has 0 fully saturated rings. The lowest BCUT2D eigenvalue weighted by molar-refractivity contribution is 0.0907. The summed E-state index contributed by atoms with van der Waals surface area (Å²) in [6.45, 7) is 0.879. The summed E-state index contributed by atoms with van der Waals surface area (Å²) in [6, 6.07) is 7.36. The molecule has 96 valence electrons. The molecular formula is C13H15NO4. The Morgan fingerprint density at radius 1 is 1.33 bits per heavy atom. The topological polar surface area (TPSA) is 60.7 Å². The highest BCUT2D eigenvalue weighted by molar-refractivity contribution is 6.01. The van der Waals surface area contributed by atoms with Crippen LogP contribution in [0.3, 0.4) is 0 Å². The summed E-state index contributed by atoms with van der Waals surface area (Å²) in [7, 11) is 3.09. The Bertz CT molecular complexity index is 547.